The zero-order valence-corrected chi connectivity index (χ0v) is 14.7. The molecule has 0 spiro atoms. The maximum absolute atomic E-state index is 13.8. The molecule has 1 aromatic carbocycles. The van der Waals surface area contributed by atoms with Crippen molar-refractivity contribution in [3.05, 3.63) is 42.6 Å². The summed E-state index contributed by atoms with van der Waals surface area (Å²) < 4.78 is 48.3. The number of aromatic nitrogens is 2. The van der Waals surface area contributed by atoms with Crippen molar-refractivity contribution < 1.29 is 17.5 Å². The smallest absolute Gasteiger partial charge is 0.262 e. The summed E-state index contributed by atoms with van der Waals surface area (Å²) in [7, 11) is -1.85. The van der Waals surface area contributed by atoms with Crippen molar-refractivity contribution in [2.75, 3.05) is 13.1 Å². The summed E-state index contributed by atoms with van der Waals surface area (Å²) in [6.07, 6.45) is 4.54. The fraction of sp³-hybridized carbons (Fsp3) is 0.471. The second-order valence-electron chi connectivity index (χ2n) is 6.79. The predicted molar refractivity (Wildman–Crippen MR) is 89.0 cm³/mol. The number of nitrogens with zero attached hydrogens (tertiary/aromatic N) is 3. The number of rotatable bonds is 4. The summed E-state index contributed by atoms with van der Waals surface area (Å²) in [5, 5.41) is 0.0709. The van der Waals surface area contributed by atoms with Gasteiger partial charge in [0.05, 0.1) is 6.33 Å². The highest BCUT2D eigenvalue weighted by atomic mass is 32.2. The van der Waals surface area contributed by atoms with Crippen LogP contribution in [-0.2, 0) is 17.1 Å². The Balaban J connectivity index is 1.51. The lowest BCUT2D eigenvalue weighted by molar-refractivity contribution is 0.148. The predicted octanol–water partition coefficient (Wildman–Crippen LogP) is 2.04. The summed E-state index contributed by atoms with van der Waals surface area (Å²) in [5.41, 5.74) is 0. The van der Waals surface area contributed by atoms with E-state index in [9.17, 15) is 12.8 Å². The van der Waals surface area contributed by atoms with Gasteiger partial charge in [0.15, 0.2) is 16.6 Å². The molecule has 134 valence electrons. The lowest BCUT2D eigenvalue weighted by atomic mass is 9.99. The highest BCUT2D eigenvalue weighted by molar-refractivity contribution is 7.89. The number of halogens is 1. The number of sulfonamides is 1. The fourth-order valence-corrected chi connectivity index (χ4v) is 5.38. The van der Waals surface area contributed by atoms with Crippen LogP contribution in [0.4, 0.5) is 4.39 Å². The third-order valence-corrected chi connectivity index (χ3v) is 6.88. The number of benzene rings is 1. The molecule has 1 aromatic heterocycles. The second kappa shape index (κ2) is 6.10. The summed E-state index contributed by atoms with van der Waals surface area (Å²) in [6.45, 7) is 0.864. The Hall–Kier alpha value is -1.93. The minimum atomic E-state index is -3.59. The normalized spacial score (nSPS) is 26.7. The van der Waals surface area contributed by atoms with Crippen LogP contribution in [0, 0.1) is 17.7 Å². The van der Waals surface area contributed by atoms with Crippen LogP contribution in [0.3, 0.4) is 0 Å². The molecule has 0 bridgehead atoms. The number of ether oxygens (including phenoxy) is 1. The molecule has 25 heavy (non-hydrogen) atoms. The first kappa shape index (κ1) is 16.5. The van der Waals surface area contributed by atoms with Crippen molar-refractivity contribution in [2.45, 2.75) is 24.0 Å². The minimum absolute atomic E-state index is 0.0709. The number of imidazole rings is 1. The van der Waals surface area contributed by atoms with Gasteiger partial charge in [-0.1, -0.05) is 12.1 Å². The molecule has 3 atom stereocenters. The maximum atomic E-state index is 13.8. The first-order valence-electron chi connectivity index (χ1n) is 8.34. The number of para-hydroxylation sites is 1. The molecule has 2 fully saturated rings. The van der Waals surface area contributed by atoms with Crippen molar-refractivity contribution in [2.24, 2.45) is 18.9 Å². The Morgan fingerprint density at radius 2 is 2.04 bits per heavy atom. The molecule has 1 saturated carbocycles. The van der Waals surface area contributed by atoms with E-state index in [0.717, 1.165) is 12.8 Å². The molecule has 0 N–H and O–H groups in total. The van der Waals surface area contributed by atoms with E-state index >= 15 is 0 Å². The Bertz CT molecular complexity index is 883. The molecule has 4 rings (SSSR count). The molecular weight excluding hydrogens is 345 g/mol. The lowest BCUT2D eigenvalue weighted by Gasteiger charge is -2.21. The van der Waals surface area contributed by atoms with Crippen LogP contribution in [0.5, 0.6) is 5.75 Å². The molecule has 1 saturated heterocycles. The molecule has 6 nitrogen and oxygen atoms in total. The van der Waals surface area contributed by atoms with Crippen LogP contribution in [0.2, 0.25) is 0 Å². The zero-order valence-electron chi connectivity index (χ0n) is 13.9. The summed E-state index contributed by atoms with van der Waals surface area (Å²) in [4.78, 5) is 3.98. The molecule has 2 aliphatic rings. The number of fused-ring (bicyclic) bond motifs is 1. The first-order valence-corrected chi connectivity index (χ1v) is 9.78. The molecule has 0 amide bonds. The number of hydrogen-bond acceptors (Lipinski definition) is 4. The monoisotopic (exact) mass is 365 g/mol. The molecule has 1 aliphatic carbocycles. The maximum Gasteiger partial charge on any atom is 0.262 e. The van der Waals surface area contributed by atoms with Crippen molar-refractivity contribution in [1.82, 2.24) is 13.9 Å². The fourth-order valence-electron chi connectivity index (χ4n) is 3.87. The molecule has 0 unspecified atom stereocenters. The SMILES string of the molecule is Cn1cnc(S(=O)(=O)N2C[C@@H]3CC[C@H](Oc4ccccc4F)[C@@H]3C2)c1. The van der Waals surface area contributed by atoms with E-state index in [2.05, 4.69) is 4.98 Å². The Kier molecular flexibility index (Phi) is 4.04. The second-order valence-corrected chi connectivity index (χ2v) is 8.67. The topological polar surface area (TPSA) is 64.4 Å². The Morgan fingerprint density at radius 1 is 1.24 bits per heavy atom. The summed E-state index contributed by atoms with van der Waals surface area (Å²) >= 11 is 0. The van der Waals surface area contributed by atoms with E-state index in [1.165, 1.54) is 22.9 Å². The van der Waals surface area contributed by atoms with Gasteiger partial charge in [0.2, 0.25) is 0 Å². The molecule has 1 aliphatic heterocycles. The van der Waals surface area contributed by atoms with E-state index in [0.29, 0.717) is 13.1 Å². The Morgan fingerprint density at radius 3 is 2.76 bits per heavy atom. The lowest BCUT2D eigenvalue weighted by Crippen LogP contribution is -2.32. The summed E-state index contributed by atoms with van der Waals surface area (Å²) in [5.74, 6) is 0.175. The van der Waals surface area contributed by atoms with Crippen molar-refractivity contribution in [3.63, 3.8) is 0 Å². The highest BCUT2D eigenvalue weighted by Gasteiger charge is 2.48. The largest absolute Gasteiger partial charge is 0.487 e. The van der Waals surface area contributed by atoms with Crippen LogP contribution in [0.25, 0.3) is 0 Å². The Labute approximate surface area is 146 Å². The quantitative estimate of drug-likeness (QED) is 0.832. The van der Waals surface area contributed by atoms with E-state index in [1.807, 2.05) is 0 Å². The van der Waals surface area contributed by atoms with E-state index < -0.39 is 10.0 Å². The van der Waals surface area contributed by atoms with Gasteiger partial charge in [-0.2, -0.15) is 4.31 Å². The van der Waals surface area contributed by atoms with Gasteiger partial charge in [-0.25, -0.2) is 17.8 Å². The zero-order chi connectivity index (χ0) is 17.6. The van der Waals surface area contributed by atoms with Crippen molar-refractivity contribution >= 4 is 10.0 Å². The average Bonchev–Trinajstić information content (AvgIpc) is 3.26. The standard InChI is InChI=1S/C17H20FN3O3S/c1-20-10-17(19-11-20)25(22,23)21-8-12-6-7-15(13(12)9-21)24-16-5-3-2-4-14(16)18/h2-5,10-13,15H,6-9H2,1H3/t12-,13+,15-/m0/s1. The molecule has 2 heterocycles. The number of aryl methyl sites for hydroxylation is 1. The highest BCUT2D eigenvalue weighted by Crippen LogP contribution is 2.42. The third kappa shape index (κ3) is 2.93. The number of hydrogen-bond donors (Lipinski definition) is 0. The van der Waals surface area contributed by atoms with Gasteiger partial charge in [-0.3, -0.25) is 0 Å². The van der Waals surface area contributed by atoms with Gasteiger partial charge in [0.25, 0.3) is 10.0 Å². The van der Waals surface area contributed by atoms with Crippen LogP contribution >= 0.6 is 0 Å². The van der Waals surface area contributed by atoms with Crippen LogP contribution in [0.15, 0.2) is 41.8 Å². The van der Waals surface area contributed by atoms with E-state index in [-0.39, 0.29) is 34.5 Å². The van der Waals surface area contributed by atoms with E-state index in [4.69, 9.17) is 4.74 Å². The van der Waals surface area contributed by atoms with Gasteiger partial charge in [0, 0.05) is 32.3 Å². The van der Waals surface area contributed by atoms with E-state index in [1.54, 1.807) is 29.8 Å². The molecular formula is C17H20FN3O3S. The van der Waals surface area contributed by atoms with Crippen LogP contribution in [0.1, 0.15) is 12.8 Å². The van der Waals surface area contributed by atoms with Gasteiger partial charge in [-0.05, 0) is 30.9 Å². The van der Waals surface area contributed by atoms with Gasteiger partial charge in [-0.15, -0.1) is 0 Å². The minimum Gasteiger partial charge on any atom is -0.487 e. The summed E-state index contributed by atoms with van der Waals surface area (Å²) in [6, 6.07) is 6.34. The van der Waals surface area contributed by atoms with Crippen molar-refractivity contribution in [3.8, 4) is 5.75 Å². The van der Waals surface area contributed by atoms with Gasteiger partial charge in [0.1, 0.15) is 6.10 Å². The van der Waals surface area contributed by atoms with Gasteiger partial charge < -0.3 is 9.30 Å². The molecule has 2 aromatic rings. The van der Waals surface area contributed by atoms with Gasteiger partial charge >= 0.3 is 0 Å². The van der Waals surface area contributed by atoms with Crippen LogP contribution < -0.4 is 4.74 Å². The third-order valence-electron chi connectivity index (χ3n) is 5.16. The molecule has 0 radical (unpaired) electrons. The first-order chi connectivity index (χ1) is 11.9. The average molecular weight is 365 g/mol. The van der Waals surface area contributed by atoms with Crippen molar-refractivity contribution in [1.29, 1.82) is 0 Å². The molecule has 8 heteroatoms. The van der Waals surface area contributed by atoms with Crippen LogP contribution in [-0.4, -0.2) is 41.5 Å².